The van der Waals surface area contributed by atoms with E-state index in [0.29, 0.717) is 12.8 Å². The highest BCUT2D eigenvalue weighted by molar-refractivity contribution is 7.90. The fourth-order valence-electron chi connectivity index (χ4n) is 6.26. The lowest BCUT2D eigenvalue weighted by atomic mass is 9.64. The molecule has 2 atom stereocenters. The lowest BCUT2D eigenvalue weighted by molar-refractivity contribution is -0.137. The molecular weight excluding hydrogens is 585 g/mol. The Labute approximate surface area is 249 Å². The van der Waals surface area contributed by atoms with Crippen molar-refractivity contribution in [1.82, 2.24) is 16.0 Å². The Balaban J connectivity index is 1.51. The minimum atomic E-state index is -4.61. The number of nitrogens with two attached hydrogens (primary N) is 1. The Hall–Kier alpha value is -3.45. The van der Waals surface area contributed by atoms with Crippen LogP contribution in [0.3, 0.4) is 0 Å². The maximum atomic E-state index is 13.6. The van der Waals surface area contributed by atoms with Crippen LogP contribution in [0, 0.1) is 5.92 Å². The van der Waals surface area contributed by atoms with Crippen LogP contribution in [0.5, 0.6) is 0 Å². The molecule has 2 aliphatic carbocycles. The van der Waals surface area contributed by atoms with Crippen molar-refractivity contribution in [3.8, 4) is 0 Å². The number of hydrogen-bond donors (Lipinski definition) is 4. The molecular formula is C30H37F3N4O5S. The molecule has 0 aliphatic heterocycles. The van der Waals surface area contributed by atoms with Crippen LogP contribution >= 0.6 is 0 Å². The van der Waals surface area contributed by atoms with Crippen LogP contribution in [0.15, 0.2) is 53.4 Å². The van der Waals surface area contributed by atoms with E-state index in [9.17, 15) is 36.0 Å². The predicted octanol–water partition coefficient (Wildman–Crippen LogP) is 3.58. The van der Waals surface area contributed by atoms with Gasteiger partial charge in [-0.05, 0) is 86.9 Å². The molecule has 3 amide bonds. The van der Waals surface area contributed by atoms with Crippen LogP contribution in [0.4, 0.5) is 13.2 Å². The number of benzene rings is 2. The van der Waals surface area contributed by atoms with Crippen LogP contribution in [-0.2, 0) is 20.8 Å². The molecule has 2 aliphatic rings. The number of hydrogen-bond acceptors (Lipinski definition) is 6. The highest BCUT2D eigenvalue weighted by Crippen LogP contribution is 2.42. The molecule has 0 heterocycles. The highest BCUT2D eigenvalue weighted by Gasteiger charge is 2.49. The summed E-state index contributed by atoms with van der Waals surface area (Å²) in [4.78, 5) is 39.3. The normalized spacial score (nSPS) is 24.5. The molecule has 5 N–H and O–H groups in total. The van der Waals surface area contributed by atoms with E-state index in [2.05, 4.69) is 16.0 Å². The first kappa shape index (κ1) is 32.5. The van der Waals surface area contributed by atoms with E-state index in [4.69, 9.17) is 5.73 Å². The maximum absolute atomic E-state index is 13.6. The number of amides is 3. The maximum Gasteiger partial charge on any atom is 0.416 e. The Morgan fingerprint density at radius 1 is 0.930 bits per heavy atom. The fourth-order valence-corrected chi connectivity index (χ4v) is 6.89. The third-order valence-corrected chi connectivity index (χ3v) is 9.67. The van der Waals surface area contributed by atoms with Gasteiger partial charge in [0.25, 0.3) is 11.8 Å². The van der Waals surface area contributed by atoms with Crippen molar-refractivity contribution in [3.05, 3.63) is 65.2 Å². The van der Waals surface area contributed by atoms with Gasteiger partial charge in [-0.15, -0.1) is 0 Å². The van der Waals surface area contributed by atoms with Gasteiger partial charge in [0.2, 0.25) is 5.91 Å². The van der Waals surface area contributed by atoms with Gasteiger partial charge < -0.3 is 21.7 Å². The molecule has 13 heteroatoms. The SMILES string of the molecule is CS(=O)(=O)c1ccc(C(=O)NC2(C3CCC(N)CC3)CCCCC2NC(=O)CNC(=O)c2cccc(C(F)(F)F)c2)cc1. The van der Waals surface area contributed by atoms with Crippen LogP contribution in [0.25, 0.3) is 0 Å². The topological polar surface area (TPSA) is 147 Å². The second kappa shape index (κ2) is 13.0. The molecule has 2 unspecified atom stereocenters. The first-order chi connectivity index (χ1) is 20.2. The zero-order chi connectivity index (χ0) is 31.4. The predicted molar refractivity (Wildman–Crippen MR) is 154 cm³/mol. The van der Waals surface area contributed by atoms with Crippen molar-refractivity contribution >= 4 is 27.6 Å². The van der Waals surface area contributed by atoms with Gasteiger partial charge >= 0.3 is 6.18 Å². The molecule has 0 aromatic heterocycles. The molecule has 43 heavy (non-hydrogen) atoms. The van der Waals surface area contributed by atoms with Crippen molar-refractivity contribution in [2.24, 2.45) is 11.7 Å². The molecule has 2 aromatic rings. The monoisotopic (exact) mass is 622 g/mol. The number of rotatable bonds is 8. The largest absolute Gasteiger partial charge is 0.416 e. The van der Waals surface area contributed by atoms with Crippen molar-refractivity contribution in [3.63, 3.8) is 0 Å². The summed E-state index contributed by atoms with van der Waals surface area (Å²) in [5, 5.41) is 8.60. The van der Waals surface area contributed by atoms with Gasteiger partial charge in [-0.2, -0.15) is 13.2 Å². The Bertz CT molecular complexity index is 1440. The van der Waals surface area contributed by atoms with E-state index in [0.717, 1.165) is 63.0 Å². The van der Waals surface area contributed by atoms with Gasteiger partial charge in [0.15, 0.2) is 9.84 Å². The lowest BCUT2D eigenvalue weighted by Gasteiger charge is -2.51. The third kappa shape index (κ3) is 7.94. The van der Waals surface area contributed by atoms with Gasteiger partial charge in [-0.1, -0.05) is 18.9 Å². The zero-order valence-corrected chi connectivity index (χ0v) is 24.7. The third-order valence-electron chi connectivity index (χ3n) is 8.54. The molecule has 0 bridgehead atoms. The number of carbonyl (C=O) groups excluding carboxylic acids is 3. The Kier molecular flexibility index (Phi) is 9.85. The van der Waals surface area contributed by atoms with E-state index in [1.54, 1.807) is 0 Å². The van der Waals surface area contributed by atoms with Crippen LogP contribution in [-0.4, -0.2) is 56.6 Å². The second-order valence-electron chi connectivity index (χ2n) is 11.5. The highest BCUT2D eigenvalue weighted by atomic mass is 32.2. The summed E-state index contributed by atoms with van der Waals surface area (Å²) >= 11 is 0. The fraction of sp³-hybridized carbons (Fsp3) is 0.500. The summed E-state index contributed by atoms with van der Waals surface area (Å²) in [5.74, 6) is -1.73. The Morgan fingerprint density at radius 3 is 2.23 bits per heavy atom. The number of sulfone groups is 1. The minimum absolute atomic E-state index is 0.0110. The van der Waals surface area contributed by atoms with Crippen molar-refractivity contribution in [2.75, 3.05) is 12.8 Å². The van der Waals surface area contributed by atoms with Gasteiger partial charge in [-0.25, -0.2) is 8.42 Å². The van der Waals surface area contributed by atoms with Gasteiger partial charge in [0.1, 0.15) is 0 Å². The van der Waals surface area contributed by atoms with Crippen molar-refractivity contribution in [2.45, 2.75) is 80.1 Å². The summed E-state index contributed by atoms with van der Waals surface area (Å²) in [6.45, 7) is -0.460. The Morgan fingerprint density at radius 2 is 1.60 bits per heavy atom. The van der Waals surface area contributed by atoms with Crippen molar-refractivity contribution < 1.29 is 36.0 Å². The number of alkyl halides is 3. The van der Waals surface area contributed by atoms with E-state index in [-0.39, 0.29) is 28.0 Å². The van der Waals surface area contributed by atoms with Gasteiger partial charge in [0.05, 0.1) is 28.6 Å². The molecule has 0 saturated heterocycles. The van der Waals surface area contributed by atoms with E-state index in [1.807, 2.05) is 0 Å². The molecule has 9 nitrogen and oxygen atoms in total. The van der Waals surface area contributed by atoms with E-state index < -0.39 is 57.4 Å². The number of nitrogens with one attached hydrogen (secondary N) is 3. The zero-order valence-electron chi connectivity index (χ0n) is 23.9. The first-order valence-corrected chi connectivity index (χ1v) is 16.2. The molecule has 2 aromatic carbocycles. The smallest absolute Gasteiger partial charge is 0.349 e. The quantitative estimate of drug-likeness (QED) is 0.354. The van der Waals surface area contributed by atoms with Gasteiger partial charge in [-0.3, -0.25) is 14.4 Å². The molecule has 2 fully saturated rings. The molecule has 0 spiro atoms. The lowest BCUT2D eigenvalue weighted by Crippen LogP contribution is -2.68. The first-order valence-electron chi connectivity index (χ1n) is 14.3. The summed E-state index contributed by atoms with van der Waals surface area (Å²) in [6.07, 6.45) is 2.27. The van der Waals surface area contributed by atoms with Crippen LogP contribution in [0.1, 0.15) is 77.6 Å². The standard InChI is InChI=1S/C30H37F3N4O5S/c1-43(41,42)24-14-8-19(9-15-24)28(40)37-29(21-10-12-23(34)13-11-21)16-3-2-7-25(29)36-26(38)18-35-27(39)20-5-4-6-22(17-20)30(31,32)33/h4-6,8-9,14-15,17,21,23,25H,2-3,7,10-13,16,18,34H2,1H3,(H,35,39)(H,36,38)(H,37,40). The average Bonchev–Trinajstić information content (AvgIpc) is 2.96. The summed E-state index contributed by atoms with van der Waals surface area (Å²) in [6, 6.07) is 9.19. The summed E-state index contributed by atoms with van der Waals surface area (Å²) < 4.78 is 62.9. The van der Waals surface area contributed by atoms with Crippen LogP contribution in [0.2, 0.25) is 0 Å². The molecule has 0 radical (unpaired) electrons. The second-order valence-corrected chi connectivity index (χ2v) is 13.5. The summed E-state index contributed by atoms with van der Waals surface area (Å²) in [5.41, 5.74) is 4.45. The van der Waals surface area contributed by atoms with Gasteiger partial charge in [0, 0.05) is 23.4 Å². The number of halogens is 3. The summed E-state index contributed by atoms with van der Waals surface area (Å²) in [7, 11) is -3.44. The molecule has 234 valence electrons. The average molecular weight is 623 g/mol. The molecule has 2 saturated carbocycles. The minimum Gasteiger partial charge on any atom is -0.349 e. The van der Waals surface area contributed by atoms with E-state index in [1.165, 1.54) is 30.3 Å². The number of carbonyl (C=O) groups is 3. The van der Waals surface area contributed by atoms with Crippen molar-refractivity contribution in [1.29, 1.82) is 0 Å². The van der Waals surface area contributed by atoms with E-state index >= 15 is 0 Å². The van der Waals surface area contributed by atoms with Crippen LogP contribution < -0.4 is 21.7 Å². The molecule has 4 rings (SSSR count).